The molecule has 2 heterocycles. The van der Waals surface area contributed by atoms with Crippen molar-refractivity contribution in [3.05, 3.63) is 57.8 Å². The van der Waals surface area contributed by atoms with E-state index < -0.39 is 0 Å². The molecule has 1 fully saturated rings. The van der Waals surface area contributed by atoms with Crippen LogP contribution in [0.1, 0.15) is 53.6 Å². The van der Waals surface area contributed by atoms with E-state index in [1.807, 2.05) is 21.7 Å². The van der Waals surface area contributed by atoms with E-state index >= 15 is 0 Å². The van der Waals surface area contributed by atoms with Crippen molar-refractivity contribution < 1.29 is 9.59 Å². The summed E-state index contributed by atoms with van der Waals surface area (Å²) < 4.78 is 0. The molecule has 4 nitrogen and oxygen atoms in total. The molecule has 5 heteroatoms. The first-order chi connectivity index (χ1) is 13.6. The molecule has 0 aliphatic carbocycles. The maximum atomic E-state index is 12.4. The molecule has 150 valence electrons. The first-order valence-electron chi connectivity index (χ1n) is 10.3. The smallest absolute Gasteiger partial charge is 0.252 e. The Morgan fingerprint density at radius 2 is 1.89 bits per heavy atom. The summed E-state index contributed by atoms with van der Waals surface area (Å²) in [5, 5.41) is 6.61. The number of aryl methyl sites for hydroxylation is 2. The highest BCUT2D eigenvalue weighted by atomic mass is 32.1. The zero-order valence-electron chi connectivity index (χ0n) is 16.7. The van der Waals surface area contributed by atoms with Gasteiger partial charge >= 0.3 is 0 Å². The lowest BCUT2D eigenvalue weighted by atomic mass is 9.90. The van der Waals surface area contributed by atoms with Gasteiger partial charge in [-0.15, -0.1) is 0 Å². The molecule has 0 radical (unpaired) electrons. The number of hydrogen-bond acceptors (Lipinski definition) is 3. The summed E-state index contributed by atoms with van der Waals surface area (Å²) in [6.45, 7) is 4.42. The first kappa shape index (κ1) is 20.6. The minimum atomic E-state index is -0.0527. The summed E-state index contributed by atoms with van der Waals surface area (Å²) in [6, 6.07) is 10.6. The Bertz CT molecular complexity index is 747. The van der Waals surface area contributed by atoms with Crippen LogP contribution in [0.5, 0.6) is 0 Å². The Morgan fingerprint density at radius 3 is 2.57 bits per heavy atom. The minimum absolute atomic E-state index is 0.0527. The second kappa shape index (κ2) is 10.4. The lowest BCUT2D eigenvalue weighted by Crippen LogP contribution is -2.38. The molecule has 1 aliphatic rings. The topological polar surface area (TPSA) is 49.4 Å². The normalized spacial score (nSPS) is 14.8. The van der Waals surface area contributed by atoms with Gasteiger partial charge in [0, 0.05) is 37.0 Å². The zero-order chi connectivity index (χ0) is 19.8. The number of hydrogen-bond donors (Lipinski definition) is 1. The summed E-state index contributed by atoms with van der Waals surface area (Å²) >= 11 is 1.51. The van der Waals surface area contributed by atoms with Crippen molar-refractivity contribution in [3.8, 4) is 0 Å². The van der Waals surface area contributed by atoms with Gasteiger partial charge in [0.2, 0.25) is 5.91 Å². The van der Waals surface area contributed by atoms with E-state index in [9.17, 15) is 9.59 Å². The molecule has 0 atom stereocenters. The Hall–Kier alpha value is -2.14. The van der Waals surface area contributed by atoms with Crippen molar-refractivity contribution in [1.29, 1.82) is 0 Å². The standard InChI is InChI=1S/C23H30N2O2S/c1-18-4-6-19(7-5-18)8-9-20-10-14-25(15-11-20)22(26)3-2-13-24-23(27)21-12-16-28-17-21/h4-7,12,16-17,20H,2-3,8-11,13-15H2,1H3,(H,24,27). The minimum Gasteiger partial charge on any atom is -0.352 e. The van der Waals surface area contributed by atoms with Crippen LogP contribution in [0.2, 0.25) is 0 Å². The third-order valence-electron chi connectivity index (χ3n) is 5.57. The van der Waals surface area contributed by atoms with E-state index in [4.69, 9.17) is 0 Å². The van der Waals surface area contributed by atoms with Gasteiger partial charge in [0.1, 0.15) is 0 Å². The lowest BCUT2D eigenvalue weighted by Gasteiger charge is -2.32. The summed E-state index contributed by atoms with van der Waals surface area (Å²) in [4.78, 5) is 26.3. The van der Waals surface area contributed by atoms with Crippen molar-refractivity contribution in [3.63, 3.8) is 0 Å². The third kappa shape index (κ3) is 6.20. The molecular weight excluding hydrogens is 368 g/mol. The average molecular weight is 399 g/mol. The van der Waals surface area contributed by atoms with Crippen LogP contribution in [0.25, 0.3) is 0 Å². The molecule has 2 amide bonds. The van der Waals surface area contributed by atoms with Gasteiger partial charge in [-0.1, -0.05) is 29.8 Å². The van der Waals surface area contributed by atoms with E-state index in [1.165, 1.54) is 28.9 Å². The number of benzene rings is 1. The molecule has 0 unspecified atom stereocenters. The second-order valence-corrected chi connectivity index (χ2v) is 8.50. The van der Waals surface area contributed by atoms with Gasteiger partial charge in [-0.3, -0.25) is 9.59 Å². The average Bonchev–Trinajstić information content (AvgIpc) is 3.26. The van der Waals surface area contributed by atoms with E-state index in [2.05, 4.69) is 36.5 Å². The number of piperidine rings is 1. The highest BCUT2D eigenvalue weighted by Gasteiger charge is 2.22. The summed E-state index contributed by atoms with van der Waals surface area (Å²) in [5.41, 5.74) is 3.42. The Morgan fingerprint density at radius 1 is 1.14 bits per heavy atom. The van der Waals surface area contributed by atoms with Crippen LogP contribution >= 0.6 is 11.3 Å². The quantitative estimate of drug-likeness (QED) is 0.669. The SMILES string of the molecule is Cc1ccc(CCC2CCN(C(=O)CCCNC(=O)c3ccsc3)CC2)cc1. The van der Waals surface area contributed by atoms with Gasteiger partial charge in [0.25, 0.3) is 5.91 Å². The van der Waals surface area contributed by atoms with E-state index in [1.54, 1.807) is 0 Å². The van der Waals surface area contributed by atoms with Gasteiger partial charge in [-0.25, -0.2) is 0 Å². The molecule has 1 saturated heterocycles. The van der Waals surface area contributed by atoms with Crippen molar-refractivity contribution in [2.45, 2.75) is 45.4 Å². The molecule has 2 aromatic rings. The van der Waals surface area contributed by atoms with Crippen molar-refractivity contribution >= 4 is 23.2 Å². The summed E-state index contributed by atoms with van der Waals surface area (Å²) in [6.07, 6.45) is 5.75. The van der Waals surface area contributed by atoms with Crippen LogP contribution in [0.4, 0.5) is 0 Å². The molecule has 0 saturated carbocycles. The summed E-state index contributed by atoms with van der Waals surface area (Å²) in [5.74, 6) is 0.889. The number of nitrogens with zero attached hydrogens (tertiary/aromatic N) is 1. The number of nitrogens with one attached hydrogen (secondary N) is 1. The highest BCUT2D eigenvalue weighted by Crippen LogP contribution is 2.23. The van der Waals surface area contributed by atoms with Gasteiger partial charge in [0.15, 0.2) is 0 Å². The number of thiophene rings is 1. The number of rotatable bonds is 8. The van der Waals surface area contributed by atoms with Crippen LogP contribution in [-0.2, 0) is 11.2 Å². The maximum absolute atomic E-state index is 12.4. The highest BCUT2D eigenvalue weighted by molar-refractivity contribution is 7.08. The molecule has 1 aliphatic heterocycles. The summed E-state index contributed by atoms with van der Waals surface area (Å²) in [7, 11) is 0. The Balaban J connectivity index is 1.29. The van der Waals surface area contributed by atoms with Crippen LogP contribution in [0.3, 0.4) is 0 Å². The molecule has 28 heavy (non-hydrogen) atoms. The van der Waals surface area contributed by atoms with Crippen LogP contribution in [0.15, 0.2) is 41.1 Å². The molecular formula is C23H30N2O2S. The molecule has 1 aromatic heterocycles. The number of amides is 2. The molecule has 0 bridgehead atoms. The number of likely N-dealkylation sites (tertiary alicyclic amines) is 1. The monoisotopic (exact) mass is 398 g/mol. The molecule has 0 spiro atoms. The first-order valence-corrected chi connectivity index (χ1v) is 11.2. The van der Waals surface area contributed by atoms with E-state index in [-0.39, 0.29) is 11.8 Å². The van der Waals surface area contributed by atoms with E-state index in [0.29, 0.717) is 24.9 Å². The Kier molecular flexibility index (Phi) is 7.66. The number of carbonyl (C=O) groups excluding carboxylic acids is 2. The van der Waals surface area contributed by atoms with Crippen LogP contribution in [-0.4, -0.2) is 36.3 Å². The second-order valence-electron chi connectivity index (χ2n) is 7.72. The lowest BCUT2D eigenvalue weighted by molar-refractivity contribution is -0.132. The van der Waals surface area contributed by atoms with Gasteiger partial charge in [-0.05, 0) is 62.0 Å². The van der Waals surface area contributed by atoms with Crippen molar-refractivity contribution in [2.24, 2.45) is 5.92 Å². The zero-order valence-corrected chi connectivity index (χ0v) is 17.5. The fourth-order valence-electron chi connectivity index (χ4n) is 3.69. The third-order valence-corrected chi connectivity index (χ3v) is 6.25. The Labute approximate surface area is 172 Å². The largest absolute Gasteiger partial charge is 0.352 e. The fraction of sp³-hybridized carbons (Fsp3) is 0.478. The number of carbonyl (C=O) groups is 2. The predicted molar refractivity (Wildman–Crippen MR) is 115 cm³/mol. The van der Waals surface area contributed by atoms with Gasteiger partial charge in [-0.2, -0.15) is 11.3 Å². The van der Waals surface area contributed by atoms with Crippen molar-refractivity contribution in [2.75, 3.05) is 19.6 Å². The molecule has 1 aromatic carbocycles. The molecule has 1 N–H and O–H groups in total. The van der Waals surface area contributed by atoms with Gasteiger partial charge < -0.3 is 10.2 Å². The molecule has 3 rings (SSSR count). The van der Waals surface area contributed by atoms with E-state index in [0.717, 1.165) is 38.3 Å². The van der Waals surface area contributed by atoms with Crippen LogP contribution < -0.4 is 5.32 Å². The van der Waals surface area contributed by atoms with Crippen molar-refractivity contribution in [1.82, 2.24) is 10.2 Å². The maximum Gasteiger partial charge on any atom is 0.252 e. The predicted octanol–water partition coefficient (Wildman–Crippen LogP) is 4.44. The van der Waals surface area contributed by atoms with Gasteiger partial charge in [0.05, 0.1) is 0 Å². The fourth-order valence-corrected chi connectivity index (χ4v) is 4.33. The van der Waals surface area contributed by atoms with Crippen LogP contribution in [0, 0.1) is 12.8 Å².